The van der Waals surface area contributed by atoms with Crippen molar-refractivity contribution in [1.29, 1.82) is 0 Å². The summed E-state index contributed by atoms with van der Waals surface area (Å²) in [4.78, 5) is 14.5. The molecule has 4 heteroatoms. The number of hydrogen-bond donors (Lipinski definition) is 2. The van der Waals surface area contributed by atoms with Gasteiger partial charge in [0.15, 0.2) is 0 Å². The molecule has 2 aliphatic rings. The van der Waals surface area contributed by atoms with Gasteiger partial charge in [0.1, 0.15) is 0 Å². The second-order valence-corrected chi connectivity index (χ2v) is 6.85. The van der Waals surface area contributed by atoms with Gasteiger partial charge in [-0.25, -0.2) is 0 Å². The number of nitrogens with one attached hydrogen (secondary N) is 2. The molecule has 0 aromatic carbocycles. The fourth-order valence-corrected chi connectivity index (χ4v) is 3.69. The van der Waals surface area contributed by atoms with E-state index in [4.69, 9.17) is 0 Å². The maximum Gasteiger partial charge on any atom is 0.237 e. The molecular formula is C16H31N3O. The largest absolute Gasteiger partial charge is 0.355 e. The Morgan fingerprint density at radius 1 is 1.25 bits per heavy atom. The second-order valence-electron chi connectivity index (χ2n) is 6.85. The summed E-state index contributed by atoms with van der Waals surface area (Å²) in [5.41, 5.74) is 0. The molecule has 1 amide bonds. The van der Waals surface area contributed by atoms with E-state index in [1.54, 1.807) is 0 Å². The Balaban J connectivity index is 1.57. The number of carbonyl (C=O) groups is 1. The van der Waals surface area contributed by atoms with E-state index in [0.717, 1.165) is 44.3 Å². The maximum absolute atomic E-state index is 12.0. The Morgan fingerprint density at radius 2 is 2.00 bits per heavy atom. The lowest BCUT2D eigenvalue weighted by molar-refractivity contribution is -0.123. The molecule has 3 atom stereocenters. The molecule has 0 spiro atoms. The van der Waals surface area contributed by atoms with Crippen LogP contribution in [0.25, 0.3) is 0 Å². The fraction of sp³-hybridized carbons (Fsp3) is 0.938. The molecule has 0 aliphatic carbocycles. The number of likely N-dealkylation sites (tertiary alicyclic amines) is 1. The third-order valence-electron chi connectivity index (χ3n) is 4.52. The molecule has 116 valence electrons. The molecule has 0 aromatic heterocycles. The smallest absolute Gasteiger partial charge is 0.237 e. The van der Waals surface area contributed by atoms with E-state index in [1.165, 1.54) is 32.4 Å². The minimum atomic E-state index is 0.0544. The van der Waals surface area contributed by atoms with Crippen LogP contribution in [0.15, 0.2) is 0 Å². The summed E-state index contributed by atoms with van der Waals surface area (Å²) >= 11 is 0. The van der Waals surface area contributed by atoms with E-state index < -0.39 is 0 Å². The zero-order chi connectivity index (χ0) is 14.4. The SMILES string of the molecule is CC1CC(C)CN(CCCNC(=O)[C@H]2CCCCN2)C1. The van der Waals surface area contributed by atoms with E-state index in [2.05, 4.69) is 29.4 Å². The van der Waals surface area contributed by atoms with Crippen LogP contribution in [0.1, 0.15) is 46.0 Å². The summed E-state index contributed by atoms with van der Waals surface area (Å²) in [6.45, 7) is 10.1. The van der Waals surface area contributed by atoms with Crippen molar-refractivity contribution in [1.82, 2.24) is 15.5 Å². The molecule has 2 saturated heterocycles. The molecule has 0 bridgehead atoms. The van der Waals surface area contributed by atoms with Gasteiger partial charge in [-0.3, -0.25) is 4.79 Å². The summed E-state index contributed by atoms with van der Waals surface area (Å²) in [5, 5.41) is 6.38. The third-order valence-corrected chi connectivity index (χ3v) is 4.52. The quantitative estimate of drug-likeness (QED) is 0.753. The summed E-state index contributed by atoms with van der Waals surface area (Å²) in [6, 6.07) is 0.0544. The summed E-state index contributed by atoms with van der Waals surface area (Å²) < 4.78 is 0. The van der Waals surface area contributed by atoms with Crippen molar-refractivity contribution in [2.24, 2.45) is 11.8 Å². The van der Waals surface area contributed by atoms with Gasteiger partial charge in [-0.05, 0) is 50.6 Å². The third kappa shape index (κ3) is 5.06. The molecule has 2 unspecified atom stereocenters. The Morgan fingerprint density at radius 3 is 2.65 bits per heavy atom. The van der Waals surface area contributed by atoms with E-state index in [0.29, 0.717) is 0 Å². The van der Waals surface area contributed by atoms with E-state index in [9.17, 15) is 4.79 Å². The van der Waals surface area contributed by atoms with Crippen molar-refractivity contribution in [2.75, 3.05) is 32.7 Å². The van der Waals surface area contributed by atoms with Gasteiger partial charge in [0, 0.05) is 19.6 Å². The first kappa shape index (κ1) is 15.8. The van der Waals surface area contributed by atoms with Crippen LogP contribution in [0.4, 0.5) is 0 Å². The molecule has 2 heterocycles. The molecule has 0 saturated carbocycles. The number of nitrogens with zero attached hydrogens (tertiary/aromatic N) is 1. The van der Waals surface area contributed by atoms with Gasteiger partial charge in [-0.1, -0.05) is 20.3 Å². The molecule has 2 aliphatic heterocycles. The standard InChI is InChI=1S/C16H31N3O/c1-13-10-14(2)12-19(11-13)9-5-8-18-16(20)15-6-3-4-7-17-15/h13-15,17H,3-12H2,1-2H3,(H,18,20)/t13?,14?,15-/m1/s1. The van der Waals surface area contributed by atoms with E-state index in [1.807, 2.05) is 0 Å². The van der Waals surface area contributed by atoms with Crippen molar-refractivity contribution in [2.45, 2.75) is 52.0 Å². The predicted molar refractivity (Wildman–Crippen MR) is 82.7 cm³/mol. The lowest BCUT2D eigenvalue weighted by Gasteiger charge is -2.35. The molecule has 2 fully saturated rings. The van der Waals surface area contributed by atoms with Gasteiger partial charge in [0.25, 0.3) is 0 Å². The van der Waals surface area contributed by atoms with Crippen molar-refractivity contribution < 1.29 is 4.79 Å². The van der Waals surface area contributed by atoms with Crippen LogP contribution in [-0.2, 0) is 4.79 Å². The maximum atomic E-state index is 12.0. The number of hydrogen-bond acceptors (Lipinski definition) is 3. The Hall–Kier alpha value is -0.610. The average molecular weight is 281 g/mol. The first-order valence-electron chi connectivity index (χ1n) is 8.38. The van der Waals surface area contributed by atoms with Gasteiger partial charge in [-0.15, -0.1) is 0 Å². The number of carbonyl (C=O) groups excluding carboxylic acids is 1. The summed E-state index contributed by atoms with van der Waals surface area (Å²) in [5.74, 6) is 1.84. The lowest BCUT2D eigenvalue weighted by atomic mass is 9.92. The van der Waals surface area contributed by atoms with Crippen LogP contribution in [0, 0.1) is 11.8 Å². The minimum Gasteiger partial charge on any atom is -0.355 e. The highest BCUT2D eigenvalue weighted by atomic mass is 16.2. The van der Waals surface area contributed by atoms with Gasteiger partial charge in [0.2, 0.25) is 5.91 Å². The van der Waals surface area contributed by atoms with E-state index in [-0.39, 0.29) is 11.9 Å². The second kappa shape index (κ2) is 7.99. The number of rotatable bonds is 5. The first-order chi connectivity index (χ1) is 9.65. The van der Waals surface area contributed by atoms with Gasteiger partial charge >= 0.3 is 0 Å². The zero-order valence-electron chi connectivity index (χ0n) is 13.2. The highest BCUT2D eigenvalue weighted by molar-refractivity contribution is 5.81. The zero-order valence-corrected chi connectivity index (χ0v) is 13.2. The Kier molecular flexibility index (Phi) is 6.30. The number of amides is 1. The topological polar surface area (TPSA) is 44.4 Å². The molecule has 20 heavy (non-hydrogen) atoms. The minimum absolute atomic E-state index is 0.0544. The van der Waals surface area contributed by atoms with E-state index >= 15 is 0 Å². The van der Waals surface area contributed by atoms with Gasteiger partial charge in [0.05, 0.1) is 6.04 Å². The molecule has 2 N–H and O–H groups in total. The fourth-order valence-electron chi connectivity index (χ4n) is 3.69. The summed E-state index contributed by atoms with van der Waals surface area (Å²) in [6.07, 6.45) is 5.80. The van der Waals surface area contributed by atoms with Crippen molar-refractivity contribution in [3.63, 3.8) is 0 Å². The summed E-state index contributed by atoms with van der Waals surface area (Å²) in [7, 11) is 0. The van der Waals surface area contributed by atoms with Crippen LogP contribution in [0.2, 0.25) is 0 Å². The molecule has 2 rings (SSSR count). The van der Waals surface area contributed by atoms with Crippen molar-refractivity contribution in [3.05, 3.63) is 0 Å². The van der Waals surface area contributed by atoms with Crippen molar-refractivity contribution in [3.8, 4) is 0 Å². The Labute approximate surface area is 123 Å². The predicted octanol–water partition coefficient (Wildman–Crippen LogP) is 1.61. The van der Waals surface area contributed by atoms with Crippen LogP contribution >= 0.6 is 0 Å². The van der Waals surface area contributed by atoms with Gasteiger partial charge < -0.3 is 15.5 Å². The highest BCUT2D eigenvalue weighted by Crippen LogP contribution is 2.20. The van der Waals surface area contributed by atoms with Crippen LogP contribution in [-0.4, -0.2) is 49.6 Å². The molecule has 4 nitrogen and oxygen atoms in total. The van der Waals surface area contributed by atoms with Crippen LogP contribution in [0.3, 0.4) is 0 Å². The monoisotopic (exact) mass is 281 g/mol. The highest BCUT2D eigenvalue weighted by Gasteiger charge is 2.22. The Bertz CT molecular complexity index is 292. The van der Waals surface area contributed by atoms with Crippen LogP contribution < -0.4 is 10.6 Å². The number of piperidine rings is 2. The van der Waals surface area contributed by atoms with Crippen LogP contribution in [0.5, 0.6) is 0 Å². The normalized spacial score (nSPS) is 32.0. The molecule has 0 radical (unpaired) electrons. The molecule has 0 aromatic rings. The first-order valence-corrected chi connectivity index (χ1v) is 8.38. The van der Waals surface area contributed by atoms with Gasteiger partial charge in [-0.2, -0.15) is 0 Å². The average Bonchev–Trinajstić information content (AvgIpc) is 2.43. The lowest BCUT2D eigenvalue weighted by Crippen LogP contribution is -2.47. The molecular weight excluding hydrogens is 250 g/mol. The van der Waals surface area contributed by atoms with Crippen molar-refractivity contribution >= 4 is 5.91 Å².